The number of amidine groups is 2. The van der Waals surface area contributed by atoms with Crippen molar-refractivity contribution in [3.8, 4) is 0 Å². The van der Waals surface area contributed by atoms with Crippen LogP contribution in [0, 0.1) is 5.92 Å². The fourth-order valence-corrected chi connectivity index (χ4v) is 4.87. The first-order valence-corrected chi connectivity index (χ1v) is 13.9. The number of hydrogen-bond acceptors (Lipinski definition) is 5. The molecular weight excluding hydrogens is 426 g/mol. The molecule has 7 nitrogen and oxygen atoms in total. The molecule has 0 aliphatic heterocycles. The topological polar surface area (TPSA) is 70.5 Å². The second-order valence-electron chi connectivity index (χ2n) is 11.0. The summed E-state index contributed by atoms with van der Waals surface area (Å²) in [5, 5.41) is 7.16. The van der Waals surface area contributed by atoms with Gasteiger partial charge in [0.25, 0.3) is 12.0 Å². The molecule has 0 spiro atoms. The number of nitrogens with one attached hydrogen (secondary N) is 2. The second kappa shape index (κ2) is 16.2. The lowest BCUT2D eigenvalue weighted by Gasteiger charge is -2.31. The van der Waals surface area contributed by atoms with Crippen LogP contribution in [-0.2, 0) is 9.47 Å². The first kappa shape index (κ1) is 28.7. The van der Waals surface area contributed by atoms with Crippen LogP contribution in [0.25, 0.3) is 0 Å². The number of aliphatic imine (C=N–C) groups is 2. The zero-order chi connectivity index (χ0) is 24.8. The molecule has 2 aliphatic carbocycles. The van der Waals surface area contributed by atoms with Crippen LogP contribution in [0.3, 0.4) is 0 Å². The maximum Gasteiger partial charge on any atom is 0.285 e. The first-order chi connectivity index (χ1) is 16.3. The molecule has 0 radical (unpaired) electrons. The molecule has 2 aliphatic rings. The second-order valence-corrected chi connectivity index (χ2v) is 11.0. The summed E-state index contributed by atoms with van der Waals surface area (Å²) in [6, 6.07) is 2.36. The summed E-state index contributed by atoms with van der Waals surface area (Å²) in [4.78, 5) is 11.8. The Morgan fingerprint density at radius 2 is 1.62 bits per heavy atom. The first-order valence-electron chi connectivity index (χ1n) is 13.9. The highest BCUT2D eigenvalue weighted by atomic mass is 16.5. The van der Waals surface area contributed by atoms with E-state index in [0.29, 0.717) is 24.0 Å². The Hall–Kier alpha value is -1.50. The van der Waals surface area contributed by atoms with Crippen molar-refractivity contribution in [1.29, 1.82) is 0 Å². The van der Waals surface area contributed by atoms with E-state index in [2.05, 4.69) is 62.3 Å². The highest BCUT2D eigenvalue weighted by Gasteiger charge is 2.24. The summed E-state index contributed by atoms with van der Waals surface area (Å²) in [6.45, 7) is 11.0. The lowest BCUT2D eigenvalue weighted by Crippen LogP contribution is -2.41. The average molecular weight is 480 g/mol. The Morgan fingerprint density at radius 3 is 2.29 bits per heavy atom. The van der Waals surface area contributed by atoms with E-state index in [4.69, 9.17) is 14.5 Å². The van der Waals surface area contributed by atoms with Gasteiger partial charge in [0, 0.05) is 19.1 Å². The third-order valence-corrected chi connectivity index (χ3v) is 6.53. The van der Waals surface area contributed by atoms with Crippen LogP contribution in [0.5, 0.6) is 0 Å². The molecule has 2 rings (SSSR count). The average Bonchev–Trinajstić information content (AvgIpc) is 2.76. The highest BCUT2D eigenvalue weighted by molar-refractivity contribution is 5.74. The SMILES string of the molecule is CC(C)OC(=NCCCN(C)C)NCCC1CCCC(NC(=NC2CCCCC2)OC(C)C)C1. The maximum absolute atomic E-state index is 6.09. The van der Waals surface area contributed by atoms with Gasteiger partial charge in [-0.05, 0) is 92.8 Å². The molecule has 2 atom stereocenters. The molecule has 0 aromatic carbocycles. The van der Waals surface area contributed by atoms with Crippen LogP contribution in [0.15, 0.2) is 9.98 Å². The van der Waals surface area contributed by atoms with Gasteiger partial charge in [0.15, 0.2) is 0 Å². The van der Waals surface area contributed by atoms with Crippen LogP contribution in [0.1, 0.15) is 98.3 Å². The van der Waals surface area contributed by atoms with Crippen molar-refractivity contribution in [2.45, 2.75) is 123 Å². The van der Waals surface area contributed by atoms with Gasteiger partial charge in [0.2, 0.25) is 0 Å². The number of ether oxygens (including phenoxy) is 2. The molecule has 2 N–H and O–H groups in total. The van der Waals surface area contributed by atoms with Gasteiger partial charge in [-0.3, -0.25) is 0 Å². The molecule has 2 unspecified atom stereocenters. The van der Waals surface area contributed by atoms with E-state index in [1.54, 1.807) is 0 Å². The Bertz CT molecular complexity index is 600. The standard InChI is InChI=1S/C27H53N5O2/c1-21(2)33-26(28-17-11-19-32(5)6)29-18-16-23-12-10-15-25(20-23)31-27(34-22(3)4)30-24-13-8-7-9-14-24/h21-25H,7-20H2,1-6H3,(H,28,29)(H,30,31). The van der Waals surface area contributed by atoms with Crippen molar-refractivity contribution in [2.24, 2.45) is 15.9 Å². The lowest BCUT2D eigenvalue weighted by atomic mass is 9.84. The molecule has 7 heteroatoms. The van der Waals surface area contributed by atoms with Crippen LogP contribution in [0.2, 0.25) is 0 Å². The van der Waals surface area contributed by atoms with E-state index in [0.717, 1.165) is 38.5 Å². The van der Waals surface area contributed by atoms with Crippen LogP contribution >= 0.6 is 0 Å². The van der Waals surface area contributed by atoms with Gasteiger partial charge >= 0.3 is 0 Å². The van der Waals surface area contributed by atoms with E-state index in [1.807, 2.05) is 0 Å². The molecule has 2 saturated carbocycles. The van der Waals surface area contributed by atoms with Gasteiger partial charge in [0.05, 0.1) is 18.2 Å². The predicted octanol–water partition coefficient (Wildman–Crippen LogP) is 4.96. The quantitative estimate of drug-likeness (QED) is 0.249. The molecule has 0 saturated heterocycles. The monoisotopic (exact) mass is 479 g/mol. The fraction of sp³-hybridized carbons (Fsp3) is 0.926. The molecule has 0 amide bonds. The van der Waals surface area contributed by atoms with Gasteiger partial charge in [-0.25, -0.2) is 9.98 Å². The maximum atomic E-state index is 6.09. The largest absolute Gasteiger partial charge is 0.463 e. The minimum absolute atomic E-state index is 0.131. The van der Waals surface area contributed by atoms with Crippen LogP contribution < -0.4 is 10.6 Å². The predicted molar refractivity (Wildman–Crippen MR) is 144 cm³/mol. The molecule has 34 heavy (non-hydrogen) atoms. The van der Waals surface area contributed by atoms with Gasteiger partial charge in [0.1, 0.15) is 0 Å². The van der Waals surface area contributed by atoms with E-state index >= 15 is 0 Å². The Labute approximate surface area is 209 Å². The molecule has 198 valence electrons. The minimum Gasteiger partial charge on any atom is -0.463 e. The number of hydrogen-bond donors (Lipinski definition) is 2. The fourth-order valence-electron chi connectivity index (χ4n) is 4.87. The van der Waals surface area contributed by atoms with Crippen molar-refractivity contribution >= 4 is 12.0 Å². The summed E-state index contributed by atoms with van der Waals surface area (Å²) in [6.07, 6.45) is 13.7. The molecular formula is C27H53N5O2. The summed E-state index contributed by atoms with van der Waals surface area (Å²) < 4.78 is 12.0. The molecule has 2 fully saturated rings. The molecule has 0 aromatic rings. The van der Waals surface area contributed by atoms with Gasteiger partial charge < -0.3 is 25.0 Å². The van der Waals surface area contributed by atoms with Gasteiger partial charge in [-0.15, -0.1) is 0 Å². The third kappa shape index (κ3) is 12.8. The Kier molecular flexibility index (Phi) is 13.7. The van der Waals surface area contributed by atoms with Crippen molar-refractivity contribution in [1.82, 2.24) is 15.5 Å². The Morgan fingerprint density at radius 1 is 0.912 bits per heavy atom. The molecule has 0 bridgehead atoms. The van der Waals surface area contributed by atoms with Gasteiger partial charge in [-0.1, -0.05) is 32.1 Å². The Balaban J connectivity index is 1.81. The zero-order valence-corrected chi connectivity index (χ0v) is 22.9. The number of rotatable bonds is 11. The van der Waals surface area contributed by atoms with E-state index in [1.165, 1.54) is 57.8 Å². The third-order valence-electron chi connectivity index (χ3n) is 6.53. The molecule has 0 aromatic heterocycles. The van der Waals surface area contributed by atoms with E-state index < -0.39 is 0 Å². The van der Waals surface area contributed by atoms with Crippen LogP contribution in [0.4, 0.5) is 0 Å². The smallest absolute Gasteiger partial charge is 0.285 e. The van der Waals surface area contributed by atoms with Crippen molar-refractivity contribution in [3.05, 3.63) is 0 Å². The number of nitrogens with zero attached hydrogens (tertiary/aromatic N) is 3. The highest BCUT2D eigenvalue weighted by Crippen LogP contribution is 2.27. The van der Waals surface area contributed by atoms with Crippen molar-refractivity contribution in [2.75, 3.05) is 33.7 Å². The normalized spacial score (nSPS) is 23.0. The lowest BCUT2D eigenvalue weighted by molar-refractivity contribution is 0.199. The van der Waals surface area contributed by atoms with E-state index in [9.17, 15) is 0 Å². The summed E-state index contributed by atoms with van der Waals surface area (Å²) in [5.41, 5.74) is 0. The summed E-state index contributed by atoms with van der Waals surface area (Å²) in [7, 11) is 4.19. The summed E-state index contributed by atoms with van der Waals surface area (Å²) in [5.74, 6) is 0.697. The zero-order valence-electron chi connectivity index (χ0n) is 22.9. The van der Waals surface area contributed by atoms with Crippen molar-refractivity contribution < 1.29 is 9.47 Å². The molecule has 0 heterocycles. The summed E-state index contributed by atoms with van der Waals surface area (Å²) >= 11 is 0. The minimum atomic E-state index is 0.131. The van der Waals surface area contributed by atoms with E-state index in [-0.39, 0.29) is 12.2 Å². The van der Waals surface area contributed by atoms with Gasteiger partial charge in [-0.2, -0.15) is 0 Å². The van der Waals surface area contributed by atoms with Crippen molar-refractivity contribution in [3.63, 3.8) is 0 Å². The van der Waals surface area contributed by atoms with Crippen LogP contribution in [-0.4, -0.2) is 75.0 Å².